The predicted molar refractivity (Wildman–Crippen MR) is 83.5 cm³/mol. The summed E-state index contributed by atoms with van der Waals surface area (Å²) in [5.74, 6) is -0.973. The predicted octanol–water partition coefficient (Wildman–Crippen LogP) is 2.43. The summed E-state index contributed by atoms with van der Waals surface area (Å²) in [4.78, 5) is 24.8. The van der Waals surface area contributed by atoms with E-state index in [-0.39, 0.29) is 24.9 Å². The van der Waals surface area contributed by atoms with Crippen LogP contribution in [0.1, 0.15) is 31.4 Å². The molecule has 21 heavy (non-hydrogen) atoms. The SMILES string of the molecule is CCN(CC(=O)Nc1cc(C)ccc1C)C(C)CC(=O)O. The van der Waals surface area contributed by atoms with Crippen LogP contribution in [0.4, 0.5) is 5.69 Å². The van der Waals surface area contributed by atoms with Crippen molar-refractivity contribution in [2.24, 2.45) is 0 Å². The Kier molecular flexibility index (Phi) is 6.37. The molecule has 0 saturated carbocycles. The molecule has 0 radical (unpaired) electrons. The molecule has 5 nitrogen and oxygen atoms in total. The average molecular weight is 292 g/mol. The van der Waals surface area contributed by atoms with Crippen molar-refractivity contribution in [3.05, 3.63) is 29.3 Å². The quantitative estimate of drug-likeness (QED) is 0.810. The number of hydrogen-bond acceptors (Lipinski definition) is 3. The van der Waals surface area contributed by atoms with Gasteiger partial charge in [0.15, 0.2) is 0 Å². The van der Waals surface area contributed by atoms with Crippen LogP contribution in [0.2, 0.25) is 0 Å². The van der Waals surface area contributed by atoms with Crippen molar-refractivity contribution < 1.29 is 14.7 Å². The molecule has 1 rings (SSSR count). The van der Waals surface area contributed by atoms with E-state index >= 15 is 0 Å². The topological polar surface area (TPSA) is 69.6 Å². The summed E-state index contributed by atoms with van der Waals surface area (Å²) in [5, 5.41) is 11.7. The molecule has 0 saturated heterocycles. The van der Waals surface area contributed by atoms with Crippen LogP contribution in [0.3, 0.4) is 0 Å². The number of carboxylic acid groups (broad SMARTS) is 1. The summed E-state index contributed by atoms with van der Waals surface area (Å²) in [6.45, 7) is 8.49. The van der Waals surface area contributed by atoms with Gasteiger partial charge in [-0.25, -0.2) is 0 Å². The highest BCUT2D eigenvalue weighted by Crippen LogP contribution is 2.16. The van der Waals surface area contributed by atoms with Gasteiger partial charge in [0.25, 0.3) is 0 Å². The Morgan fingerprint density at radius 1 is 1.33 bits per heavy atom. The minimum Gasteiger partial charge on any atom is -0.481 e. The molecule has 0 fully saturated rings. The van der Waals surface area contributed by atoms with Gasteiger partial charge in [0.2, 0.25) is 5.91 Å². The largest absolute Gasteiger partial charge is 0.481 e. The van der Waals surface area contributed by atoms with Gasteiger partial charge in [-0.15, -0.1) is 0 Å². The van der Waals surface area contributed by atoms with Gasteiger partial charge in [-0.1, -0.05) is 19.1 Å². The van der Waals surface area contributed by atoms with E-state index in [1.54, 1.807) is 0 Å². The number of anilines is 1. The van der Waals surface area contributed by atoms with Gasteiger partial charge in [-0.3, -0.25) is 14.5 Å². The number of aliphatic carboxylic acids is 1. The second kappa shape index (κ2) is 7.78. The van der Waals surface area contributed by atoms with Crippen LogP contribution in [0.15, 0.2) is 18.2 Å². The number of benzene rings is 1. The molecule has 0 aliphatic rings. The van der Waals surface area contributed by atoms with Crippen LogP contribution in [0.5, 0.6) is 0 Å². The lowest BCUT2D eigenvalue weighted by atomic mass is 10.1. The van der Waals surface area contributed by atoms with Crippen LogP contribution in [-0.4, -0.2) is 41.0 Å². The van der Waals surface area contributed by atoms with Crippen molar-refractivity contribution >= 4 is 17.6 Å². The Hall–Kier alpha value is -1.88. The number of rotatable bonds is 7. The first-order chi connectivity index (χ1) is 9.83. The standard InChI is InChI=1S/C16H24N2O3/c1-5-18(13(4)9-16(20)21)10-15(19)17-14-8-11(2)6-7-12(14)3/h6-8,13H,5,9-10H2,1-4H3,(H,17,19)(H,20,21). The normalized spacial score (nSPS) is 12.2. The Labute approximate surface area is 126 Å². The summed E-state index contributed by atoms with van der Waals surface area (Å²) in [6.07, 6.45) is 0.0323. The first-order valence-electron chi connectivity index (χ1n) is 7.16. The van der Waals surface area contributed by atoms with Gasteiger partial charge in [-0.2, -0.15) is 0 Å². The summed E-state index contributed by atoms with van der Waals surface area (Å²) in [7, 11) is 0. The van der Waals surface area contributed by atoms with E-state index in [2.05, 4.69) is 5.32 Å². The number of carbonyl (C=O) groups excluding carboxylic acids is 1. The molecule has 0 heterocycles. The Bertz CT molecular complexity index is 514. The fraction of sp³-hybridized carbons (Fsp3) is 0.500. The number of nitrogens with zero attached hydrogens (tertiary/aromatic N) is 1. The molecular formula is C16H24N2O3. The summed E-state index contributed by atoms with van der Waals surface area (Å²) < 4.78 is 0. The second-order valence-electron chi connectivity index (χ2n) is 5.38. The van der Waals surface area contributed by atoms with Gasteiger partial charge in [0.1, 0.15) is 0 Å². The van der Waals surface area contributed by atoms with Gasteiger partial charge in [-0.05, 0) is 44.5 Å². The highest BCUT2D eigenvalue weighted by Gasteiger charge is 2.18. The van der Waals surface area contributed by atoms with E-state index < -0.39 is 5.97 Å². The van der Waals surface area contributed by atoms with Crippen molar-refractivity contribution in [2.45, 2.75) is 40.2 Å². The molecule has 5 heteroatoms. The van der Waals surface area contributed by atoms with Crippen LogP contribution < -0.4 is 5.32 Å². The maximum absolute atomic E-state index is 12.1. The first kappa shape index (κ1) is 17.2. The smallest absolute Gasteiger partial charge is 0.304 e. The van der Waals surface area contributed by atoms with E-state index in [9.17, 15) is 9.59 Å². The highest BCUT2D eigenvalue weighted by molar-refractivity contribution is 5.93. The number of nitrogens with one attached hydrogen (secondary N) is 1. The minimum atomic E-state index is -0.851. The van der Waals surface area contributed by atoms with Crippen molar-refractivity contribution in [1.29, 1.82) is 0 Å². The molecule has 2 N–H and O–H groups in total. The zero-order chi connectivity index (χ0) is 16.0. The number of aryl methyl sites for hydroxylation is 2. The van der Waals surface area contributed by atoms with Gasteiger partial charge in [0, 0.05) is 11.7 Å². The molecule has 0 bridgehead atoms. The number of carboxylic acids is 1. The second-order valence-corrected chi connectivity index (χ2v) is 5.38. The van der Waals surface area contributed by atoms with E-state index in [1.165, 1.54) is 0 Å². The Morgan fingerprint density at radius 3 is 2.57 bits per heavy atom. The first-order valence-corrected chi connectivity index (χ1v) is 7.16. The summed E-state index contributed by atoms with van der Waals surface area (Å²) >= 11 is 0. The van der Waals surface area contributed by atoms with Gasteiger partial charge >= 0.3 is 5.97 Å². The van der Waals surface area contributed by atoms with E-state index in [4.69, 9.17) is 5.11 Å². The molecule has 1 atom stereocenters. The molecule has 1 aromatic carbocycles. The number of amides is 1. The van der Waals surface area contributed by atoms with Crippen LogP contribution in [0, 0.1) is 13.8 Å². The Morgan fingerprint density at radius 2 is 2.00 bits per heavy atom. The van der Waals surface area contributed by atoms with E-state index in [1.807, 2.05) is 50.8 Å². The number of likely N-dealkylation sites (N-methyl/N-ethyl adjacent to an activating group) is 1. The maximum atomic E-state index is 12.1. The van der Waals surface area contributed by atoms with Crippen molar-refractivity contribution in [1.82, 2.24) is 4.90 Å². The molecule has 1 amide bonds. The fourth-order valence-corrected chi connectivity index (χ4v) is 2.21. The van der Waals surface area contributed by atoms with Crippen molar-refractivity contribution in [3.8, 4) is 0 Å². The molecule has 0 aliphatic heterocycles. The molecule has 0 spiro atoms. The van der Waals surface area contributed by atoms with Crippen molar-refractivity contribution in [3.63, 3.8) is 0 Å². The molecule has 0 aliphatic carbocycles. The highest BCUT2D eigenvalue weighted by atomic mass is 16.4. The fourth-order valence-electron chi connectivity index (χ4n) is 2.21. The summed E-state index contributed by atoms with van der Waals surface area (Å²) in [5.41, 5.74) is 2.90. The van der Waals surface area contributed by atoms with Crippen molar-refractivity contribution in [2.75, 3.05) is 18.4 Å². The van der Waals surface area contributed by atoms with Gasteiger partial charge < -0.3 is 10.4 Å². The number of carbonyl (C=O) groups is 2. The molecule has 1 unspecified atom stereocenters. The van der Waals surface area contributed by atoms with E-state index in [0.717, 1.165) is 16.8 Å². The minimum absolute atomic E-state index is 0.0323. The maximum Gasteiger partial charge on any atom is 0.304 e. The molecule has 0 aromatic heterocycles. The van der Waals surface area contributed by atoms with Crippen LogP contribution in [0.25, 0.3) is 0 Å². The molecule has 1 aromatic rings. The molecular weight excluding hydrogens is 268 g/mol. The van der Waals surface area contributed by atoms with E-state index in [0.29, 0.717) is 6.54 Å². The van der Waals surface area contributed by atoms with Crippen LogP contribution >= 0.6 is 0 Å². The average Bonchev–Trinajstić information content (AvgIpc) is 2.39. The third-order valence-electron chi connectivity index (χ3n) is 3.51. The Balaban J connectivity index is 2.66. The summed E-state index contributed by atoms with van der Waals surface area (Å²) in [6, 6.07) is 5.73. The van der Waals surface area contributed by atoms with Crippen LogP contribution in [-0.2, 0) is 9.59 Å². The lowest BCUT2D eigenvalue weighted by Gasteiger charge is -2.26. The lowest BCUT2D eigenvalue weighted by Crippen LogP contribution is -2.40. The zero-order valence-corrected chi connectivity index (χ0v) is 13.1. The van der Waals surface area contributed by atoms with Gasteiger partial charge in [0.05, 0.1) is 13.0 Å². The lowest BCUT2D eigenvalue weighted by molar-refractivity contribution is -0.138. The third-order valence-corrected chi connectivity index (χ3v) is 3.51. The number of hydrogen-bond donors (Lipinski definition) is 2. The third kappa shape index (κ3) is 5.55. The monoisotopic (exact) mass is 292 g/mol. The molecule has 116 valence electrons. The zero-order valence-electron chi connectivity index (χ0n) is 13.1.